The molecular formula is C17H24N2O2. The van der Waals surface area contributed by atoms with E-state index in [1.165, 1.54) is 12.8 Å². The van der Waals surface area contributed by atoms with E-state index < -0.39 is 5.54 Å². The summed E-state index contributed by atoms with van der Waals surface area (Å²) in [5, 5.41) is 21.9. The van der Waals surface area contributed by atoms with Crippen molar-refractivity contribution in [3.05, 3.63) is 29.8 Å². The molecule has 0 spiro atoms. The first-order valence-electron chi connectivity index (χ1n) is 7.73. The molecular weight excluding hydrogens is 264 g/mol. The average Bonchev–Trinajstić information content (AvgIpc) is 3.35. The summed E-state index contributed by atoms with van der Waals surface area (Å²) in [6, 6.07) is 10.4. The molecule has 1 saturated carbocycles. The fourth-order valence-corrected chi connectivity index (χ4v) is 2.39. The molecule has 0 bridgehead atoms. The maximum absolute atomic E-state index is 9.45. The van der Waals surface area contributed by atoms with Gasteiger partial charge in [-0.2, -0.15) is 5.26 Å². The van der Waals surface area contributed by atoms with Crippen LogP contribution in [0.3, 0.4) is 0 Å². The molecule has 21 heavy (non-hydrogen) atoms. The van der Waals surface area contributed by atoms with Crippen LogP contribution in [0.5, 0.6) is 5.75 Å². The monoisotopic (exact) mass is 288 g/mol. The molecule has 4 nitrogen and oxygen atoms in total. The first kappa shape index (κ1) is 15.8. The summed E-state index contributed by atoms with van der Waals surface area (Å²) < 4.78 is 5.69. The van der Waals surface area contributed by atoms with E-state index in [0.717, 1.165) is 30.6 Å². The highest BCUT2D eigenvalue weighted by Crippen LogP contribution is 2.26. The van der Waals surface area contributed by atoms with Crippen molar-refractivity contribution in [1.82, 2.24) is 5.32 Å². The van der Waals surface area contributed by atoms with Gasteiger partial charge in [0.2, 0.25) is 0 Å². The third-order valence-corrected chi connectivity index (χ3v) is 4.00. The molecule has 0 radical (unpaired) electrons. The van der Waals surface area contributed by atoms with Gasteiger partial charge >= 0.3 is 0 Å². The maximum Gasteiger partial charge on any atom is 0.119 e. The largest absolute Gasteiger partial charge is 0.494 e. The van der Waals surface area contributed by atoms with Crippen molar-refractivity contribution in [3.8, 4) is 11.8 Å². The lowest BCUT2D eigenvalue weighted by atomic mass is 9.92. The van der Waals surface area contributed by atoms with Gasteiger partial charge in [0.25, 0.3) is 0 Å². The first-order chi connectivity index (χ1) is 10.2. The van der Waals surface area contributed by atoms with Gasteiger partial charge in [0.05, 0.1) is 19.3 Å². The van der Waals surface area contributed by atoms with Gasteiger partial charge in [-0.15, -0.1) is 0 Å². The molecule has 1 unspecified atom stereocenters. The second-order valence-electron chi connectivity index (χ2n) is 5.72. The molecule has 0 amide bonds. The van der Waals surface area contributed by atoms with E-state index in [9.17, 15) is 5.26 Å². The van der Waals surface area contributed by atoms with Crippen molar-refractivity contribution in [2.75, 3.05) is 6.61 Å². The van der Waals surface area contributed by atoms with Crippen LogP contribution in [-0.4, -0.2) is 23.3 Å². The normalized spacial score (nSPS) is 17.0. The fraction of sp³-hybridized carbons (Fsp3) is 0.588. The topological polar surface area (TPSA) is 65.3 Å². The van der Waals surface area contributed by atoms with Crippen molar-refractivity contribution >= 4 is 0 Å². The number of aliphatic hydroxyl groups excluding tert-OH is 1. The van der Waals surface area contributed by atoms with E-state index in [4.69, 9.17) is 9.84 Å². The molecule has 1 fully saturated rings. The number of hydrogen-bond donors (Lipinski definition) is 2. The average molecular weight is 288 g/mol. The Hall–Kier alpha value is -1.57. The first-order valence-corrected chi connectivity index (χ1v) is 7.73. The molecule has 0 heterocycles. The van der Waals surface area contributed by atoms with Crippen molar-refractivity contribution in [2.24, 2.45) is 0 Å². The molecule has 1 aliphatic carbocycles. The van der Waals surface area contributed by atoms with Crippen LogP contribution in [0.1, 0.15) is 44.6 Å². The number of nitrogens with one attached hydrogen (secondary N) is 1. The highest BCUT2D eigenvalue weighted by molar-refractivity contribution is 5.26. The molecule has 4 heteroatoms. The van der Waals surface area contributed by atoms with Crippen molar-refractivity contribution < 1.29 is 9.84 Å². The minimum Gasteiger partial charge on any atom is -0.494 e. The van der Waals surface area contributed by atoms with Crippen LogP contribution in [0.4, 0.5) is 0 Å². The van der Waals surface area contributed by atoms with Crippen LogP contribution in [0.2, 0.25) is 0 Å². The number of ether oxygens (including phenoxy) is 1. The molecule has 1 aliphatic rings. The van der Waals surface area contributed by atoms with Gasteiger partial charge in [0.15, 0.2) is 0 Å². The zero-order valence-corrected chi connectivity index (χ0v) is 12.6. The summed E-state index contributed by atoms with van der Waals surface area (Å²) in [5.74, 6) is 0.807. The Morgan fingerprint density at radius 3 is 2.62 bits per heavy atom. The Balaban J connectivity index is 1.75. The van der Waals surface area contributed by atoms with Gasteiger partial charge in [-0.1, -0.05) is 19.1 Å². The minimum atomic E-state index is -0.398. The molecule has 0 aromatic heterocycles. The van der Waals surface area contributed by atoms with E-state index in [0.29, 0.717) is 12.6 Å². The Morgan fingerprint density at radius 1 is 1.38 bits per heavy atom. The zero-order chi connectivity index (χ0) is 15.1. The Labute approximate surface area is 126 Å². The molecule has 1 aromatic rings. The van der Waals surface area contributed by atoms with E-state index in [1.807, 2.05) is 24.3 Å². The van der Waals surface area contributed by atoms with E-state index in [1.54, 1.807) is 0 Å². The van der Waals surface area contributed by atoms with Gasteiger partial charge in [-0.05, 0) is 49.8 Å². The summed E-state index contributed by atoms with van der Waals surface area (Å²) in [5.41, 5.74) is 0.483. The van der Waals surface area contributed by atoms with Crippen LogP contribution < -0.4 is 10.1 Å². The summed E-state index contributed by atoms with van der Waals surface area (Å²) in [6.45, 7) is 2.72. The standard InChI is InChI=1S/C17H24N2O2/c1-2-17(13-18,19-15-6-7-15)10-3-11-21-16-8-4-14(12-20)5-9-16/h4-5,8-9,15,19-20H,2-3,6-7,10-12H2,1H3. The number of rotatable bonds is 9. The predicted octanol–water partition coefficient (Wildman–Crippen LogP) is 2.76. The van der Waals surface area contributed by atoms with Crippen molar-refractivity contribution in [2.45, 2.75) is 57.2 Å². The van der Waals surface area contributed by atoms with Gasteiger partial charge in [-0.25, -0.2) is 0 Å². The summed E-state index contributed by atoms with van der Waals surface area (Å²) in [4.78, 5) is 0. The molecule has 114 valence electrons. The molecule has 2 rings (SSSR count). The summed E-state index contributed by atoms with van der Waals surface area (Å²) >= 11 is 0. The maximum atomic E-state index is 9.45. The van der Waals surface area contributed by atoms with Gasteiger partial charge in [0, 0.05) is 6.04 Å². The van der Waals surface area contributed by atoms with Gasteiger partial charge in [0.1, 0.15) is 11.3 Å². The lowest BCUT2D eigenvalue weighted by Gasteiger charge is -2.26. The predicted molar refractivity (Wildman–Crippen MR) is 81.9 cm³/mol. The second kappa shape index (κ2) is 7.44. The Bertz CT molecular complexity index is 477. The van der Waals surface area contributed by atoms with Crippen molar-refractivity contribution in [1.29, 1.82) is 5.26 Å². The zero-order valence-electron chi connectivity index (χ0n) is 12.6. The minimum absolute atomic E-state index is 0.0499. The van der Waals surface area contributed by atoms with Gasteiger partial charge < -0.3 is 9.84 Å². The van der Waals surface area contributed by atoms with Crippen LogP contribution in [0.15, 0.2) is 24.3 Å². The Morgan fingerprint density at radius 2 is 2.10 bits per heavy atom. The van der Waals surface area contributed by atoms with Gasteiger partial charge in [-0.3, -0.25) is 5.32 Å². The molecule has 2 N–H and O–H groups in total. The fourth-order valence-electron chi connectivity index (χ4n) is 2.39. The summed E-state index contributed by atoms with van der Waals surface area (Å²) in [7, 11) is 0. The third kappa shape index (κ3) is 4.73. The Kier molecular flexibility index (Phi) is 5.60. The molecule has 1 atom stereocenters. The molecule has 0 aliphatic heterocycles. The molecule has 1 aromatic carbocycles. The smallest absolute Gasteiger partial charge is 0.119 e. The second-order valence-corrected chi connectivity index (χ2v) is 5.72. The van der Waals surface area contributed by atoms with E-state index in [2.05, 4.69) is 18.3 Å². The van der Waals surface area contributed by atoms with E-state index in [-0.39, 0.29) is 6.61 Å². The SMILES string of the molecule is CCC(C#N)(CCCOc1ccc(CO)cc1)NC1CC1. The highest BCUT2D eigenvalue weighted by atomic mass is 16.5. The molecule has 0 saturated heterocycles. The lowest BCUT2D eigenvalue weighted by Crippen LogP contribution is -2.44. The highest BCUT2D eigenvalue weighted by Gasteiger charge is 2.34. The number of hydrogen-bond acceptors (Lipinski definition) is 4. The number of nitrogens with zero attached hydrogens (tertiary/aromatic N) is 1. The van der Waals surface area contributed by atoms with Crippen LogP contribution in [0.25, 0.3) is 0 Å². The van der Waals surface area contributed by atoms with Crippen LogP contribution >= 0.6 is 0 Å². The number of aliphatic hydroxyl groups is 1. The summed E-state index contributed by atoms with van der Waals surface area (Å²) in [6.07, 6.45) is 4.87. The third-order valence-electron chi connectivity index (χ3n) is 4.00. The van der Waals surface area contributed by atoms with Crippen molar-refractivity contribution in [3.63, 3.8) is 0 Å². The van der Waals surface area contributed by atoms with E-state index >= 15 is 0 Å². The number of benzene rings is 1. The quantitative estimate of drug-likeness (QED) is 0.686. The number of nitriles is 1. The lowest BCUT2D eigenvalue weighted by molar-refractivity contribution is 0.273. The van der Waals surface area contributed by atoms with Crippen LogP contribution in [-0.2, 0) is 6.61 Å². The van der Waals surface area contributed by atoms with Crippen LogP contribution in [0, 0.1) is 11.3 Å².